The van der Waals surface area contributed by atoms with Crippen LogP contribution in [0.1, 0.15) is 31.0 Å². The molecule has 1 saturated heterocycles. The molecule has 2 aliphatic rings. The van der Waals surface area contributed by atoms with E-state index in [1.807, 2.05) is 28.8 Å². The second kappa shape index (κ2) is 7.34. The summed E-state index contributed by atoms with van der Waals surface area (Å²) in [7, 11) is 0. The molecule has 0 saturated carbocycles. The number of nitrogens with zero attached hydrogens (tertiary/aromatic N) is 7. The molecule has 4 aromatic rings. The molecule has 0 amide bonds. The molecule has 2 aliphatic heterocycles. The Hall–Kier alpha value is -3.92. The second-order valence-corrected chi connectivity index (χ2v) is 8.65. The molecule has 0 N–H and O–H groups in total. The molecule has 1 fully saturated rings. The minimum absolute atomic E-state index is 0.659. The van der Waals surface area contributed by atoms with Crippen LogP contribution >= 0.6 is 0 Å². The zero-order valence-electron chi connectivity index (χ0n) is 17.9. The van der Waals surface area contributed by atoms with Crippen LogP contribution in [0, 0.1) is 17.2 Å². The van der Waals surface area contributed by atoms with Crippen molar-refractivity contribution < 1.29 is 0 Å². The highest BCUT2D eigenvalue weighted by atomic mass is 15.3. The van der Waals surface area contributed by atoms with Crippen molar-refractivity contribution in [3.05, 3.63) is 66.2 Å². The molecule has 0 spiro atoms. The predicted octanol–water partition coefficient (Wildman–Crippen LogP) is 4.27. The monoisotopic (exact) mass is 421 g/mol. The lowest BCUT2D eigenvalue weighted by molar-refractivity contribution is 0.378. The quantitative estimate of drug-likeness (QED) is 0.433. The summed E-state index contributed by atoms with van der Waals surface area (Å²) in [5, 5.41) is 17.7. The van der Waals surface area contributed by atoms with Crippen molar-refractivity contribution >= 4 is 5.82 Å². The molecule has 158 valence electrons. The standard InChI is InChI=1S/C25H23N7/c1-2-3-18-12-31(13-18)24-9-8-22-21(28-24)15-30-14-20(19-6-4-17(11-26)5-7-19)10-23(30)25-29-27-16-32(22)25/h4-10,14,16,18H,2-3,12-13,15H2,1H3. The van der Waals surface area contributed by atoms with Gasteiger partial charge in [0.2, 0.25) is 0 Å². The zero-order valence-corrected chi connectivity index (χ0v) is 17.9. The van der Waals surface area contributed by atoms with Gasteiger partial charge in [0, 0.05) is 24.8 Å². The first-order valence-electron chi connectivity index (χ1n) is 11.1. The maximum atomic E-state index is 9.08. The first-order valence-corrected chi connectivity index (χ1v) is 11.1. The normalized spacial score (nSPS) is 14.7. The van der Waals surface area contributed by atoms with Crippen LogP contribution in [-0.2, 0) is 6.54 Å². The number of hydrogen-bond donors (Lipinski definition) is 0. The summed E-state index contributed by atoms with van der Waals surface area (Å²) >= 11 is 0. The van der Waals surface area contributed by atoms with Crippen molar-refractivity contribution in [2.75, 3.05) is 18.0 Å². The average molecular weight is 422 g/mol. The summed E-state index contributed by atoms with van der Waals surface area (Å²) in [6.45, 7) is 5.11. The highest BCUT2D eigenvalue weighted by Gasteiger charge is 2.28. The van der Waals surface area contributed by atoms with Gasteiger partial charge in [-0.15, -0.1) is 10.2 Å². The van der Waals surface area contributed by atoms with Crippen molar-refractivity contribution in [1.82, 2.24) is 24.3 Å². The first kappa shape index (κ1) is 18.8. The fraction of sp³-hybridized carbons (Fsp3) is 0.280. The highest BCUT2D eigenvalue weighted by molar-refractivity contribution is 5.71. The largest absolute Gasteiger partial charge is 0.356 e. The number of benzene rings is 1. The van der Waals surface area contributed by atoms with Gasteiger partial charge in [-0.2, -0.15) is 5.26 Å². The van der Waals surface area contributed by atoms with Crippen molar-refractivity contribution in [3.8, 4) is 34.4 Å². The first-order chi connectivity index (χ1) is 15.7. The van der Waals surface area contributed by atoms with Crippen LogP contribution in [0.2, 0.25) is 0 Å². The Balaban J connectivity index is 1.38. The number of anilines is 1. The van der Waals surface area contributed by atoms with Crippen molar-refractivity contribution in [3.63, 3.8) is 0 Å². The minimum Gasteiger partial charge on any atom is -0.356 e. The van der Waals surface area contributed by atoms with Gasteiger partial charge in [-0.1, -0.05) is 25.5 Å². The fourth-order valence-electron chi connectivity index (χ4n) is 4.81. The molecular weight excluding hydrogens is 398 g/mol. The van der Waals surface area contributed by atoms with Gasteiger partial charge in [-0.05, 0) is 48.2 Å². The summed E-state index contributed by atoms with van der Waals surface area (Å²) in [4.78, 5) is 7.44. The van der Waals surface area contributed by atoms with E-state index in [0.717, 1.165) is 58.9 Å². The van der Waals surface area contributed by atoms with Crippen LogP contribution in [0.5, 0.6) is 0 Å². The summed E-state index contributed by atoms with van der Waals surface area (Å²) in [5.41, 5.74) is 5.87. The summed E-state index contributed by atoms with van der Waals surface area (Å²) < 4.78 is 4.23. The molecule has 0 radical (unpaired) electrons. The highest BCUT2D eigenvalue weighted by Crippen LogP contribution is 2.34. The molecule has 5 heterocycles. The lowest BCUT2D eigenvalue weighted by Gasteiger charge is -2.40. The second-order valence-electron chi connectivity index (χ2n) is 8.65. The van der Waals surface area contributed by atoms with Crippen LogP contribution in [0.3, 0.4) is 0 Å². The van der Waals surface area contributed by atoms with E-state index in [1.54, 1.807) is 6.33 Å². The summed E-state index contributed by atoms with van der Waals surface area (Å²) in [6.07, 6.45) is 6.43. The molecule has 7 heteroatoms. The molecule has 0 bridgehead atoms. The number of pyridine rings is 1. The van der Waals surface area contributed by atoms with E-state index in [1.165, 1.54) is 12.8 Å². The SMILES string of the molecule is CCCC1CN(c2ccc3c(n2)Cn2cc(-c4ccc(C#N)cc4)cc2-c2nncn2-3)C1. The number of aromatic nitrogens is 5. The molecular formula is C25H23N7. The lowest BCUT2D eigenvalue weighted by atomic mass is 9.95. The van der Waals surface area contributed by atoms with Gasteiger partial charge in [0.1, 0.15) is 12.1 Å². The Bertz CT molecular complexity index is 1330. The van der Waals surface area contributed by atoms with Gasteiger partial charge in [-0.25, -0.2) is 4.98 Å². The number of hydrogen-bond acceptors (Lipinski definition) is 5. The van der Waals surface area contributed by atoms with E-state index in [4.69, 9.17) is 10.2 Å². The van der Waals surface area contributed by atoms with Gasteiger partial charge in [-0.3, -0.25) is 4.57 Å². The van der Waals surface area contributed by atoms with Crippen LogP contribution in [0.4, 0.5) is 5.82 Å². The Morgan fingerprint density at radius 2 is 1.94 bits per heavy atom. The van der Waals surface area contributed by atoms with E-state index in [2.05, 4.69) is 57.1 Å². The smallest absolute Gasteiger partial charge is 0.185 e. The molecule has 32 heavy (non-hydrogen) atoms. The van der Waals surface area contributed by atoms with Crippen molar-refractivity contribution in [2.45, 2.75) is 26.3 Å². The topological polar surface area (TPSA) is 75.6 Å². The number of fused-ring (bicyclic) bond motifs is 5. The van der Waals surface area contributed by atoms with E-state index in [9.17, 15) is 0 Å². The molecule has 1 aromatic carbocycles. The molecule has 6 rings (SSSR count). The van der Waals surface area contributed by atoms with Crippen molar-refractivity contribution in [1.29, 1.82) is 5.26 Å². The third-order valence-corrected chi connectivity index (χ3v) is 6.51. The Labute approximate surface area is 186 Å². The fourth-order valence-corrected chi connectivity index (χ4v) is 4.81. The maximum Gasteiger partial charge on any atom is 0.185 e. The molecule has 0 unspecified atom stereocenters. The molecule has 0 aliphatic carbocycles. The molecule has 7 nitrogen and oxygen atoms in total. The van der Waals surface area contributed by atoms with Gasteiger partial charge in [0.25, 0.3) is 0 Å². The van der Waals surface area contributed by atoms with E-state index < -0.39 is 0 Å². The van der Waals surface area contributed by atoms with E-state index in [0.29, 0.717) is 12.1 Å². The van der Waals surface area contributed by atoms with Crippen LogP contribution in [0.25, 0.3) is 28.3 Å². The average Bonchev–Trinajstić information content (AvgIpc) is 3.41. The molecule has 3 aromatic heterocycles. The summed E-state index contributed by atoms with van der Waals surface area (Å²) in [6, 6.07) is 16.3. The van der Waals surface area contributed by atoms with Gasteiger partial charge >= 0.3 is 0 Å². The van der Waals surface area contributed by atoms with E-state index in [-0.39, 0.29) is 0 Å². The summed E-state index contributed by atoms with van der Waals surface area (Å²) in [5.74, 6) is 2.65. The number of nitriles is 1. The Kier molecular flexibility index (Phi) is 4.32. The van der Waals surface area contributed by atoms with Crippen LogP contribution in [0.15, 0.2) is 55.0 Å². The third kappa shape index (κ3) is 2.99. The third-order valence-electron chi connectivity index (χ3n) is 6.51. The van der Waals surface area contributed by atoms with Crippen molar-refractivity contribution in [2.24, 2.45) is 5.92 Å². The Morgan fingerprint density at radius 3 is 2.72 bits per heavy atom. The maximum absolute atomic E-state index is 9.08. The molecule has 0 atom stereocenters. The van der Waals surface area contributed by atoms with Crippen LogP contribution < -0.4 is 4.90 Å². The minimum atomic E-state index is 0.659. The Morgan fingerprint density at radius 1 is 1.09 bits per heavy atom. The van der Waals surface area contributed by atoms with Gasteiger partial charge in [0.05, 0.1) is 35.3 Å². The zero-order chi connectivity index (χ0) is 21.7. The van der Waals surface area contributed by atoms with Crippen LogP contribution in [-0.4, -0.2) is 37.4 Å². The van der Waals surface area contributed by atoms with E-state index >= 15 is 0 Å². The van der Waals surface area contributed by atoms with Gasteiger partial charge < -0.3 is 9.47 Å². The van der Waals surface area contributed by atoms with Gasteiger partial charge in [0.15, 0.2) is 5.82 Å². The lowest BCUT2D eigenvalue weighted by Crippen LogP contribution is -2.47. The number of rotatable bonds is 4. The predicted molar refractivity (Wildman–Crippen MR) is 122 cm³/mol.